The van der Waals surface area contributed by atoms with Crippen LogP contribution in [0.15, 0.2) is 11.4 Å². The molecule has 0 aromatic carbocycles. The third-order valence-electron chi connectivity index (χ3n) is 3.16. The number of carbonyl (C=O) groups is 1. The summed E-state index contributed by atoms with van der Waals surface area (Å²) in [5.41, 5.74) is 1.03. The molecule has 0 aliphatic carbocycles. The monoisotopic (exact) mass is 239 g/mol. The lowest BCUT2D eigenvalue weighted by molar-refractivity contribution is -0.139. The van der Waals surface area contributed by atoms with Crippen LogP contribution < -0.4 is 0 Å². The molecule has 0 bridgehead atoms. The molecule has 0 atom stereocenters. The summed E-state index contributed by atoms with van der Waals surface area (Å²) in [5.74, 6) is 0.225. The third-order valence-corrected chi connectivity index (χ3v) is 4.17. The largest absolute Gasteiger partial charge is 0.340 e. The first kappa shape index (κ1) is 13.2. The van der Waals surface area contributed by atoms with Crippen LogP contribution in [0, 0.1) is 12.3 Å². The van der Waals surface area contributed by atoms with Crippen LogP contribution in [0.1, 0.15) is 37.6 Å². The summed E-state index contributed by atoms with van der Waals surface area (Å²) < 4.78 is 0. The molecule has 90 valence electrons. The molecule has 0 aliphatic rings. The Labute approximate surface area is 102 Å². The first-order valence-electron chi connectivity index (χ1n) is 5.67. The summed E-state index contributed by atoms with van der Waals surface area (Å²) in [6.45, 7) is 8.89. The van der Waals surface area contributed by atoms with Crippen molar-refractivity contribution in [3.05, 3.63) is 21.9 Å². The van der Waals surface area contributed by atoms with Gasteiger partial charge in [-0.1, -0.05) is 20.8 Å². The zero-order valence-corrected chi connectivity index (χ0v) is 11.6. The number of hydrogen-bond acceptors (Lipinski definition) is 2. The van der Waals surface area contributed by atoms with Crippen LogP contribution >= 0.6 is 11.3 Å². The maximum absolute atomic E-state index is 12.2. The van der Waals surface area contributed by atoms with Gasteiger partial charge >= 0.3 is 0 Å². The van der Waals surface area contributed by atoms with Gasteiger partial charge in [-0.3, -0.25) is 4.79 Å². The Bertz CT molecular complexity index is 368. The number of aryl methyl sites for hydroxylation is 1. The van der Waals surface area contributed by atoms with Crippen molar-refractivity contribution in [1.29, 1.82) is 0 Å². The van der Waals surface area contributed by atoms with E-state index in [1.54, 1.807) is 11.3 Å². The molecule has 1 heterocycles. The predicted octanol–water partition coefficient (Wildman–Crippen LogP) is 3.45. The fourth-order valence-electron chi connectivity index (χ4n) is 1.52. The summed E-state index contributed by atoms with van der Waals surface area (Å²) in [7, 11) is 1.89. The number of carbonyl (C=O) groups excluding carboxylic acids is 1. The Morgan fingerprint density at radius 1 is 1.50 bits per heavy atom. The zero-order valence-electron chi connectivity index (χ0n) is 10.8. The Kier molecular flexibility index (Phi) is 4.14. The van der Waals surface area contributed by atoms with Gasteiger partial charge in [-0.05, 0) is 30.4 Å². The van der Waals surface area contributed by atoms with Crippen molar-refractivity contribution < 1.29 is 4.79 Å². The quantitative estimate of drug-likeness (QED) is 0.788. The van der Waals surface area contributed by atoms with Gasteiger partial charge in [-0.25, -0.2) is 0 Å². The average Bonchev–Trinajstić information content (AvgIpc) is 2.63. The first-order chi connectivity index (χ1) is 7.38. The van der Waals surface area contributed by atoms with Gasteiger partial charge in [0.05, 0.1) is 6.54 Å². The molecule has 1 aromatic heterocycles. The molecule has 0 unspecified atom stereocenters. The Morgan fingerprint density at radius 3 is 2.56 bits per heavy atom. The minimum atomic E-state index is -0.250. The maximum Gasteiger partial charge on any atom is 0.228 e. The predicted molar refractivity (Wildman–Crippen MR) is 69.6 cm³/mol. The van der Waals surface area contributed by atoms with Gasteiger partial charge in [-0.2, -0.15) is 0 Å². The fraction of sp³-hybridized carbons (Fsp3) is 0.615. The Hall–Kier alpha value is -0.830. The smallest absolute Gasteiger partial charge is 0.228 e. The first-order valence-corrected chi connectivity index (χ1v) is 6.55. The highest BCUT2D eigenvalue weighted by Gasteiger charge is 2.28. The van der Waals surface area contributed by atoms with Gasteiger partial charge in [0, 0.05) is 17.3 Å². The lowest BCUT2D eigenvalue weighted by Gasteiger charge is -2.28. The van der Waals surface area contributed by atoms with E-state index in [1.807, 2.05) is 25.8 Å². The molecular weight excluding hydrogens is 218 g/mol. The average molecular weight is 239 g/mol. The second kappa shape index (κ2) is 5.00. The minimum absolute atomic E-state index is 0.225. The summed E-state index contributed by atoms with van der Waals surface area (Å²) in [6.07, 6.45) is 0.875. The van der Waals surface area contributed by atoms with Gasteiger partial charge in [0.1, 0.15) is 0 Å². The maximum atomic E-state index is 12.2. The van der Waals surface area contributed by atoms with E-state index in [2.05, 4.69) is 25.3 Å². The molecule has 0 radical (unpaired) electrons. The van der Waals surface area contributed by atoms with Crippen molar-refractivity contribution in [3.63, 3.8) is 0 Å². The lowest BCUT2D eigenvalue weighted by atomic mass is 9.88. The summed E-state index contributed by atoms with van der Waals surface area (Å²) in [5, 5.41) is 2.08. The van der Waals surface area contributed by atoms with Crippen LogP contribution in [0.2, 0.25) is 0 Å². The molecule has 0 N–H and O–H groups in total. The third kappa shape index (κ3) is 2.85. The highest BCUT2D eigenvalue weighted by atomic mass is 32.1. The number of hydrogen-bond donors (Lipinski definition) is 0. The fourth-order valence-corrected chi connectivity index (χ4v) is 2.48. The van der Waals surface area contributed by atoms with Crippen LogP contribution in [-0.2, 0) is 11.3 Å². The normalized spacial score (nSPS) is 11.6. The van der Waals surface area contributed by atoms with E-state index in [0.29, 0.717) is 0 Å². The van der Waals surface area contributed by atoms with E-state index in [9.17, 15) is 4.79 Å². The van der Waals surface area contributed by atoms with E-state index in [4.69, 9.17) is 0 Å². The summed E-state index contributed by atoms with van der Waals surface area (Å²) >= 11 is 1.72. The van der Waals surface area contributed by atoms with Crippen molar-refractivity contribution in [1.82, 2.24) is 4.90 Å². The second-order valence-electron chi connectivity index (χ2n) is 4.93. The van der Waals surface area contributed by atoms with Crippen LogP contribution in [0.5, 0.6) is 0 Å². The molecule has 1 amide bonds. The number of nitrogens with zero attached hydrogens (tertiary/aromatic N) is 1. The van der Waals surface area contributed by atoms with Gasteiger partial charge < -0.3 is 4.90 Å². The standard InChI is InChI=1S/C13H21NOS/c1-6-13(3,4)12(15)14(5)9-11-10(2)7-8-16-11/h7-8H,6,9H2,1-5H3. The van der Waals surface area contributed by atoms with Gasteiger partial charge in [0.2, 0.25) is 5.91 Å². The topological polar surface area (TPSA) is 20.3 Å². The highest BCUT2D eigenvalue weighted by Crippen LogP contribution is 2.24. The van der Waals surface area contributed by atoms with Gasteiger partial charge in [0.25, 0.3) is 0 Å². The molecule has 0 saturated carbocycles. The summed E-state index contributed by atoms with van der Waals surface area (Å²) in [4.78, 5) is 15.3. The van der Waals surface area contributed by atoms with E-state index < -0.39 is 0 Å². The Balaban J connectivity index is 2.70. The lowest BCUT2D eigenvalue weighted by Crippen LogP contribution is -2.37. The number of amides is 1. The molecule has 1 rings (SSSR count). The number of thiophene rings is 1. The van der Waals surface area contributed by atoms with Crippen LogP contribution in [-0.4, -0.2) is 17.9 Å². The molecule has 2 nitrogen and oxygen atoms in total. The van der Waals surface area contributed by atoms with Crippen LogP contribution in [0.4, 0.5) is 0 Å². The second-order valence-corrected chi connectivity index (χ2v) is 5.93. The SMILES string of the molecule is CCC(C)(C)C(=O)N(C)Cc1sccc1C. The van der Waals surface area contributed by atoms with Gasteiger partial charge in [-0.15, -0.1) is 11.3 Å². The van der Waals surface area contributed by atoms with Crippen LogP contribution in [0.25, 0.3) is 0 Å². The molecule has 0 spiro atoms. The minimum Gasteiger partial charge on any atom is -0.340 e. The molecule has 0 saturated heterocycles. The molecule has 0 fully saturated rings. The van der Waals surface area contributed by atoms with E-state index in [0.717, 1.165) is 13.0 Å². The van der Waals surface area contributed by atoms with Crippen molar-refractivity contribution >= 4 is 17.2 Å². The highest BCUT2D eigenvalue weighted by molar-refractivity contribution is 7.10. The van der Waals surface area contributed by atoms with Crippen molar-refractivity contribution in [2.75, 3.05) is 7.05 Å². The van der Waals surface area contributed by atoms with E-state index in [-0.39, 0.29) is 11.3 Å². The van der Waals surface area contributed by atoms with Crippen molar-refractivity contribution in [2.24, 2.45) is 5.41 Å². The zero-order chi connectivity index (χ0) is 12.3. The molecule has 1 aromatic rings. The number of rotatable bonds is 4. The molecule has 3 heteroatoms. The Morgan fingerprint density at radius 2 is 2.12 bits per heavy atom. The van der Waals surface area contributed by atoms with Crippen LogP contribution in [0.3, 0.4) is 0 Å². The van der Waals surface area contributed by atoms with Crippen molar-refractivity contribution in [2.45, 2.75) is 40.7 Å². The summed E-state index contributed by atoms with van der Waals surface area (Å²) in [6, 6.07) is 2.10. The van der Waals surface area contributed by atoms with E-state index in [1.165, 1.54) is 10.4 Å². The molecule has 0 aliphatic heterocycles. The van der Waals surface area contributed by atoms with Crippen molar-refractivity contribution in [3.8, 4) is 0 Å². The molecular formula is C13H21NOS. The molecule has 16 heavy (non-hydrogen) atoms. The van der Waals surface area contributed by atoms with Gasteiger partial charge in [0.15, 0.2) is 0 Å². The van der Waals surface area contributed by atoms with E-state index >= 15 is 0 Å².